The van der Waals surface area contributed by atoms with Crippen molar-refractivity contribution in [1.82, 2.24) is 15.3 Å². The van der Waals surface area contributed by atoms with Gasteiger partial charge in [-0.1, -0.05) is 38.1 Å². The lowest BCUT2D eigenvalue weighted by Crippen LogP contribution is -2.32. The van der Waals surface area contributed by atoms with Crippen LogP contribution in [-0.2, 0) is 24.2 Å². The summed E-state index contributed by atoms with van der Waals surface area (Å²) in [6, 6.07) is 7.03. The fourth-order valence-electron chi connectivity index (χ4n) is 3.97. The van der Waals surface area contributed by atoms with Crippen molar-refractivity contribution < 1.29 is 24.2 Å². The number of aromatic nitrogens is 2. The third kappa shape index (κ3) is 8.23. The molecule has 0 spiro atoms. The molecule has 0 aliphatic rings. The summed E-state index contributed by atoms with van der Waals surface area (Å²) in [6.07, 6.45) is 0.0714. The number of hydrogen-bond donors (Lipinski definition) is 5. The van der Waals surface area contributed by atoms with Gasteiger partial charge >= 0.3 is 18.1 Å². The van der Waals surface area contributed by atoms with E-state index in [9.17, 15) is 14.4 Å². The number of carbonyl (C=O) groups is 3. The Labute approximate surface area is 237 Å². The molecule has 11 nitrogen and oxygen atoms in total. The molecule has 0 atom stereocenters. The topological polar surface area (TPSA) is 169 Å². The van der Waals surface area contributed by atoms with Crippen molar-refractivity contribution in [1.29, 1.82) is 0 Å². The Hall–Kier alpha value is -4.03. The lowest BCUT2D eigenvalue weighted by atomic mass is 9.92. The quantitative estimate of drug-likeness (QED) is 0.224. The lowest BCUT2D eigenvalue weighted by Gasteiger charge is -2.24. The van der Waals surface area contributed by atoms with E-state index in [1.165, 1.54) is 5.38 Å². The standard InChI is InChI=1S/C28H36N6O5S/c1-15(2)11-20-19(13-30-27(38)39-28(4,5)6)22(18-9-7-17(12-29)8-10-18)23(16(3)31-20)33-25(37)34-26-32-21(14-40-26)24(35)36/h7-10,14-15H,11-13,29H2,1-6H3,(H,30,38)(H,35,36)(H2,32,33,34,37). The smallest absolute Gasteiger partial charge is 0.407 e. The maximum absolute atomic E-state index is 13.1. The number of hydrogen-bond acceptors (Lipinski definition) is 8. The zero-order valence-corrected chi connectivity index (χ0v) is 24.4. The van der Waals surface area contributed by atoms with Crippen LogP contribution in [0.2, 0.25) is 0 Å². The Morgan fingerprint density at radius 2 is 1.77 bits per heavy atom. The van der Waals surface area contributed by atoms with Gasteiger partial charge in [0, 0.05) is 35.3 Å². The zero-order valence-electron chi connectivity index (χ0n) is 23.5. The summed E-state index contributed by atoms with van der Waals surface area (Å²) in [5.41, 5.74) is 9.98. The molecule has 0 unspecified atom stereocenters. The summed E-state index contributed by atoms with van der Waals surface area (Å²) in [5.74, 6) is -0.911. The predicted octanol–water partition coefficient (Wildman–Crippen LogP) is 5.54. The van der Waals surface area contributed by atoms with Crippen molar-refractivity contribution in [2.75, 3.05) is 10.6 Å². The Kier molecular flexibility index (Phi) is 9.83. The Balaban J connectivity index is 2.09. The number of pyridine rings is 1. The number of nitrogens with two attached hydrogens (primary N) is 1. The molecule has 0 radical (unpaired) electrons. The average molecular weight is 569 g/mol. The number of carboxylic acid groups (broad SMARTS) is 1. The monoisotopic (exact) mass is 568 g/mol. The first-order valence-electron chi connectivity index (χ1n) is 12.8. The average Bonchev–Trinajstić information content (AvgIpc) is 3.32. The van der Waals surface area contributed by atoms with Crippen LogP contribution >= 0.6 is 11.3 Å². The van der Waals surface area contributed by atoms with Gasteiger partial charge in [0.05, 0.1) is 11.4 Å². The SMILES string of the molecule is Cc1nc(CC(C)C)c(CNC(=O)OC(C)(C)C)c(-c2ccc(CN)cc2)c1NC(=O)Nc1nc(C(=O)O)cs1. The van der Waals surface area contributed by atoms with Gasteiger partial charge in [-0.05, 0) is 51.2 Å². The third-order valence-corrected chi connectivity index (χ3v) is 6.39. The molecule has 3 aromatic rings. The van der Waals surface area contributed by atoms with Crippen LogP contribution in [0.5, 0.6) is 0 Å². The summed E-state index contributed by atoms with van der Waals surface area (Å²) in [5, 5.41) is 18.9. The van der Waals surface area contributed by atoms with Crippen LogP contribution in [0.4, 0.5) is 20.4 Å². The van der Waals surface area contributed by atoms with E-state index < -0.39 is 23.7 Å². The molecule has 6 N–H and O–H groups in total. The van der Waals surface area contributed by atoms with E-state index in [2.05, 4.69) is 34.8 Å². The minimum Gasteiger partial charge on any atom is -0.476 e. The molecule has 214 valence electrons. The first-order valence-corrected chi connectivity index (χ1v) is 13.7. The van der Waals surface area contributed by atoms with Crippen LogP contribution in [0.25, 0.3) is 11.1 Å². The van der Waals surface area contributed by atoms with Crippen molar-refractivity contribution in [2.45, 2.75) is 66.7 Å². The second-order valence-electron chi connectivity index (χ2n) is 10.6. The highest BCUT2D eigenvalue weighted by Crippen LogP contribution is 2.36. The van der Waals surface area contributed by atoms with Crippen molar-refractivity contribution in [2.24, 2.45) is 11.7 Å². The maximum atomic E-state index is 13.1. The second kappa shape index (κ2) is 12.9. The van der Waals surface area contributed by atoms with Gasteiger partial charge in [0.25, 0.3) is 0 Å². The molecule has 0 saturated heterocycles. The van der Waals surface area contributed by atoms with E-state index in [1.54, 1.807) is 27.7 Å². The number of amides is 3. The fraction of sp³-hybridized carbons (Fsp3) is 0.393. The van der Waals surface area contributed by atoms with Crippen LogP contribution in [0, 0.1) is 12.8 Å². The molecule has 0 aliphatic carbocycles. The van der Waals surface area contributed by atoms with Crippen LogP contribution < -0.4 is 21.7 Å². The Morgan fingerprint density at radius 3 is 2.33 bits per heavy atom. The normalized spacial score (nSPS) is 11.3. The summed E-state index contributed by atoms with van der Waals surface area (Å²) in [4.78, 5) is 45.6. The van der Waals surface area contributed by atoms with Gasteiger partial charge in [-0.3, -0.25) is 10.3 Å². The number of carboxylic acids is 1. The summed E-state index contributed by atoms with van der Waals surface area (Å²) >= 11 is 1.00. The van der Waals surface area contributed by atoms with Crippen LogP contribution in [-0.4, -0.2) is 38.8 Å². The number of ether oxygens (including phenoxy) is 1. The maximum Gasteiger partial charge on any atom is 0.407 e. The molecule has 0 aliphatic heterocycles. The highest BCUT2D eigenvalue weighted by molar-refractivity contribution is 7.14. The summed E-state index contributed by atoms with van der Waals surface area (Å²) < 4.78 is 5.45. The number of alkyl carbamates (subject to hydrolysis) is 1. The number of anilines is 2. The molecular weight excluding hydrogens is 532 g/mol. The van der Waals surface area contributed by atoms with Gasteiger partial charge in [-0.2, -0.15) is 0 Å². The van der Waals surface area contributed by atoms with Crippen LogP contribution in [0.15, 0.2) is 29.6 Å². The molecule has 0 saturated carbocycles. The van der Waals surface area contributed by atoms with E-state index in [-0.39, 0.29) is 23.3 Å². The highest BCUT2D eigenvalue weighted by atomic mass is 32.1. The van der Waals surface area contributed by atoms with E-state index in [4.69, 9.17) is 20.6 Å². The Bertz CT molecular complexity index is 1380. The van der Waals surface area contributed by atoms with E-state index >= 15 is 0 Å². The lowest BCUT2D eigenvalue weighted by molar-refractivity contribution is 0.0522. The van der Waals surface area contributed by atoms with Crippen molar-refractivity contribution in [3.63, 3.8) is 0 Å². The van der Waals surface area contributed by atoms with Gasteiger partial charge in [-0.25, -0.2) is 19.4 Å². The predicted molar refractivity (Wildman–Crippen MR) is 156 cm³/mol. The van der Waals surface area contributed by atoms with Crippen molar-refractivity contribution in [3.05, 3.63) is 57.9 Å². The molecule has 3 rings (SSSR count). The number of urea groups is 1. The van der Waals surface area contributed by atoms with Crippen LogP contribution in [0.3, 0.4) is 0 Å². The number of carbonyl (C=O) groups excluding carboxylic acids is 2. The highest BCUT2D eigenvalue weighted by Gasteiger charge is 2.24. The molecular formula is C28H36N6O5S. The largest absolute Gasteiger partial charge is 0.476 e. The summed E-state index contributed by atoms with van der Waals surface area (Å²) in [7, 11) is 0. The molecule has 2 heterocycles. The summed E-state index contributed by atoms with van der Waals surface area (Å²) in [6.45, 7) is 11.8. The number of aryl methyl sites for hydroxylation is 1. The zero-order chi connectivity index (χ0) is 29.6. The number of rotatable bonds is 9. The van der Waals surface area contributed by atoms with Gasteiger partial charge in [0.15, 0.2) is 10.8 Å². The van der Waals surface area contributed by atoms with Crippen molar-refractivity contribution in [3.8, 4) is 11.1 Å². The van der Waals surface area contributed by atoms with Crippen LogP contribution in [0.1, 0.15) is 67.6 Å². The third-order valence-electron chi connectivity index (χ3n) is 5.64. The number of nitrogens with one attached hydrogen (secondary N) is 3. The van der Waals surface area contributed by atoms with Gasteiger partial charge < -0.3 is 26.2 Å². The van der Waals surface area contributed by atoms with Crippen molar-refractivity contribution >= 4 is 40.2 Å². The number of nitrogens with zero attached hydrogens (tertiary/aromatic N) is 2. The Morgan fingerprint density at radius 1 is 1.10 bits per heavy atom. The minimum atomic E-state index is -1.18. The molecule has 2 aromatic heterocycles. The first kappa shape index (κ1) is 30.5. The van der Waals surface area contributed by atoms with E-state index in [0.717, 1.165) is 33.7 Å². The van der Waals surface area contributed by atoms with Gasteiger partial charge in [0.1, 0.15) is 5.60 Å². The van der Waals surface area contributed by atoms with Gasteiger partial charge in [0.2, 0.25) is 0 Å². The van der Waals surface area contributed by atoms with Gasteiger partial charge in [-0.15, -0.1) is 11.3 Å². The molecule has 0 bridgehead atoms. The molecule has 40 heavy (non-hydrogen) atoms. The number of benzene rings is 1. The first-order chi connectivity index (χ1) is 18.8. The van der Waals surface area contributed by atoms with E-state index in [1.807, 2.05) is 24.3 Å². The molecule has 1 aromatic carbocycles. The fourth-order valence-corrected chi connectivity index (χ4v) is 4.65. The molecule has 3 amide bonds. The second-order valence-corrected chi connectivity index (χ2v) is 11.5. The number of thiazole rings is 1. The minimum absolute atomic E-state index is 0.114. The molecule has 0 fully saturated rings. The molecule has 12 heteroatoms. The number of aromatic carboxylic acids is 1. The van der Waals surface area contributed by atoms with E-state index in [0.29, 0.717) is 29.9 Å².